The molecule has 0 aliphatic carbocycles. The summed E-state index contributed by atoms with van der Waals surface area (Å²) in [5.41, 5.74) is 6.75. The van der Waals surface area contributed by atoms with Crippen molar-refractivity contribution in [1.82, 2.24) is 9.88 Å². The molecule has 0 spiro atoms. The van der Waals surface area contributed by atoms with Gasteiger partial charge in [-0.15, -0.1) is 0 Å². The van der Waals surface area contributed by atoms with Gasteiger partial charge in [-0.3, -0.25) is 0 Å². The lowest BCUT2D eigenvalue weighted by Crippen LogP contribution is -2.42. The average Bonchev–Trinajstić information content (AvgIpc) is 2.66. The van der Waals surface area contributed by atoms with Gasteiger partial charge in [0.2, 0.25) is 0 Å². The van der Waals surface area contributed by atoms with Crippen LogP contribution in [0.5, 0.6) is 11.5 Å². The monoisotopic (exact) mass is 410 g/mol. The van der Waals surface area contributed by atoms with Crippen molar-refractivity contribution in [3.63, 3.8) is 0 Å². The molecule has 1 atom stereocenters. The normalized spacial score (nSPS) is 16.7. The number of ether oxygens (including phenoxy) is 1. The molecule has 1 aliphatic heterocycles. The maximum Gasteiger partial charge on any atom is 0.410 e. The van der Waals surface area contributed by atoms with E-state index in [4.69, 9.17) is 10.5 Å². The minimum atomic E-state index is -0.599. The van der Waals surface area contributed by atoms with Crippen LogP contribution in [0.15, 0.2) is 24.3 Å². The van der Waals surface area contributed by atoms with Crippen LogP contribution >= 0.6 is 0 Å². The second-order valence-corrected chi connectivity index (χ2v) is 8.41. The summed E-state index contributed by atoms with van der Waals surface area (Å²) in [4.78, 5) is 18.4. The van der Waals surface area contributed by atoms with Gasteiger partial charge in [-0.2, -0.15) is 5.26 Å². The Balaban J connectivity index is 2.00. The third kappa shape index (κ3) is 4.40. The number of rotatable bonds is 2. The number of nitriles is 1. The smallest absolute Gasteiger partial charge is 0.410 e. The van der Waals surface area contributed by atoms with Crippen LogP contribution in [0.4, 0.5) is 10.6 Å². The van der Waals surface area contributed by atoms with Crippen molar-refractivity contribution < 1.29 is 19.7 Å². The number of aromatic hydroxyl groups is 2. The number of benzene rings is 1. The standard InChI is InChI=1S/C22H26N4O4/c1-22(2,3)30-21(29)26-9-5-6-13(12-26)14-10-16(25-20(24)15(14)11-23)19-17(27)7-4-8-18(19)28/h4,7-8,10,13,27-28H,5-6,9,12H2,1-3H3,(H2,24,25). The molecule has 3 rings (SSSR count). The van der Waals surface area contributed by atoms with Crippen molar-refractivity contribution in [1.29, 1.82) is 5.26 Å². The number of nitrogen functional groups attached to an aromatic ring is 1. The highest BCUT2D eigenvalue weighted by Gasteiger charge is 2.30. The Labute approximate surface area is 175 Å². The van der Waals surface area contributed by atoms with Crippen molar-refractivity contribution >= 4 is 11.9 Å². The fourth-order valence-electron chi connectivity index (χ4n) is 3.67. The van der Waals surface area contributed by atoms with Gasteiger partial charge in [0.05, 0.1) is 16.8 Å². The molecular weight excluding hydrogens is 384 g/mol. The minimum absolute atomic E-state index is 0.0158. The van der Waals surface area contributed by atoms with Crippen LogP contribution in [-0.4, -0.2) is 44.9 Å². The molecule has 2 aromatic rings. The summed E-state index contributed by atoms with van der Waals surface area (Å²) in [5, 5.41) is 30.1. The number of aromatic nitrogens is 1. The first-order chi connectivity index (χ1) is 14.1. The maximum absolute atomic E-state index is 12.5. The maximum atomic E-state index is 12.5. The number of phenolic OH excluding ortho intramolecular Hbond substituents is 2. The van der Waals surface area contributed by atoms with Gasteiger partial charge >= 0.3 is 6.09 Å². The predicted molar refractivity (Wildman–Crippen MR) is 112 cm³/mol. The topological polar surface area (TPSA) is 133 Å². The molecule has 30 heavy (non-hydrogen) atoms. The lowest BCUT2D eigenvalue weighted by Gasteiger charge is -2.34. The highest BCUT2D eigenvalue weighted by Crippen LogP contribution is 2.40. The summed E-state index contributed by atoms with van der Waals surface area (Å²) in [6, 6.07) is 8.16. The third-order valence-corrected chi connectivity index (χ3v) is 4.98. The number of likely N-dealkylation sites (tertiary alicyclic amines) is 1. The van der Waals surface area contributed by atoms with Crippen molar-refractivity contribution in [2.75, 3.05) is 18.8 Å². The van der Waals surface area contributed by atoms with Gasteiger partial charge in [0.25, 0.3) is 0 Å². The van der Waals surface area contributed by atoms with E-state index in [0.717, 1.165) is 12.8 Å². The van der Waals surface area contributed by atoms with Crippen molar-refractivity contribution in [3.05, 3.63) is 35.4 Å². The van der Waals surface area contributed by atoms with Crippen LogP contribution in [0.3, 0.4) is 0 Å². The van der Waals surface area contributed by atoms with Crippen molar-refractivity contribution in [2.45, 2.75) is 45.1 Å². The first-order valence-corrected chi connectivity index (χ1v) is 9.80. The van der Waals surface area contributed by atoms with E-state index in [9.17, 15) is 20.3 Å². The molecule has 0 radical (unpaired) electrons. The molecular formula is C22H26N4O4. The molecule has 1 aromatic carbocycles. The molecule has 2 heterocycles. The molecule has 1 saturated heterocycles. The van der Waals surface area contributed by atoms with Gasteiger partial charge in [0.1, 0.15) is 29.0 Å². The molecule has 1 unspecified atom stereocenters. The lowest BCUT2D eigenvalue weighted by molar-refractivity contribution is 0.0198. The second kappa shape index (κ2) is 8.11. The Morgan fingerprint density at radius 2 is 2.00 bits per heavy atom. The molecule has 0 bridgehead atoms. The van der Waals surface area contributed by atoms with Crippen LogP contribution in [0, 0.1) is 11.3 Å². The van der Waals surface area contributed by atoms with Crippen LogP contribution in [0.2, 0.25) is 0 Å². The summed E-state index contributed by atoms with van der Waals surface area (Å²) in [6.07, 6.45) is 1.10. The first kappa shape index (κ1) is 21.2. The summed E-state index contributed by atoms with van der Waals surface area (Å²) >= 11 is 0. The number of nitrogens with two attached hydrogens (primary N) is 1. The zero-order valence-electron chi connectivity index (χ0n) is 17.3. The van der Waals surface area contributed by atoms with E-state index >= 15 is 0 Å². The number of anilines is 1. The molecule has 1 aromatic heterocycles. The molecule has 1 amide bonds. The van der Waals surface area contributed by atoms with Crippen LogP contribution in [-0.2, 0) is 4.74 Å². The minimum Gasteiger partial charge on any atom is -0.507 e. The van der Waals surface area contributed by atoms with Gasteiger partial charge in [-0.05, 0) is 57.4 Å². The molecule has 8 nitrogen and oxygen atoms in total. The Bertz CT molecular complexity index is 987. The highest BCUT2D eigenvalue weighted by atomic mass is 16.6. The summed E-state index contributed by atoms with van der Waals surface area (Å²) in [5.74, 6) is -0.423. The fourth-order valence-corrected chi connectivity index (χ4v) is 3.67. The van der Waals surface area contributed by atoms with E-state index in [2.05, 4.69) is 11.1 Å². The molecule has 1 aliphatic rings. The highest BCUT2D eigenvalue weighted by molar-refractivity contribution is 5.76. The second-order valence-electron chi connectivity index (χ2n) is 8.41. The molecule has 0 saturated carbocycles. The average molecular weight is 410 g/mol. The first-order valence-electron chi connectivity index (χ1n) is 9.80. The van der Waals surface area contributed by atoms with Gasteiger partial charge in [-0.1, -0.05) is 6.07 Å². The van der Waals surface area contributed by atoms with E-state index in [1.54, 1.807) is 11.0 Å². The van der Waals surface area contributed by atoms with E-state index in [-0.39, 0.29) is 40.1 Å². The lowest BCUT2D eigenvalue weighted by atomic mass is 9.87. The van der Waals surface area contributed by atoms with Crippen LogP contribution in [0.25, 0.3) is 11.3 Å². The Kier molecular flexibility index (Phi) is 5.74. The molecule has 1 fully saturated rings. The number of nitrogens with zero attached hydrogens (tertiary/aromatic N) is 3. The molecule has 158 valence electrons. The Morgan fingerprint density at radius 1 is 1.33 bits per heavy atom. The number of piperidine rings is 1. The van der Waals surface area contributed by atoms with E-state index in [1.165, 1.54) is 18.2 Å². The van der Waals surface area contributed by atoms with Crippen LogP contribution in [0.1, 0.15) is 50.7 Å². The number of phenols is 2. The van der Waals surface area contributed by atoms with Crippen molar-refractivity contribution in [3.8, 4) is 28.8 Å². The van der Waals surface area contributed by atoms with E-state index in [1.807, 2.05) is 20.8 Å². The molecule has 8 heteroatoms. The predicted octanol–water partition coefficient (Wildman–Crippen LogP) is 3.73. The third-order valence-electron chi connectivity index (χ3n) is 4.98. The number of carbonyl (C=O) groups is 1. The fraction of sp³-hybridized carbons (Fsp3) is 0.409. The van der Waals surface area contributed by atoms with E-state index < -0.39 is 11.7 Å². The number of hydrogen-bond donors (Lipinski definition) is 3. The number of carbonyl (C=O) groups excluding carboxylic acids is 1. The number of amides is 1. The van der Waals surface area contributed by atoms with Gasteiger partial charge < -0.3 is 25.6 Å². The Morgan fingerprint density at radius 3 is 2.60 bits per heavy atom. The zero-order valence-corrected chi connectivity index (χ0v) is 17.3. The van der Waals surface area contributed by atoms with Gasteiger partial charge in [0.15, 0.2) is 0 Å². The van der Waals surface area contributed by atoms with E-state index in [0.29, 0.717) is 18.7 Å². The number of pyridine rings is 1. The Hall–Kier alpha value is -3.47. The van der Waals surface area contributed by atoms with Crippen LogP contribution < -0.4 is 5.73 Å². The SMILES string of the molecule is CC(C)(C)OC(=O)N1CCCC(c2cc(-c3c(O)cccc3O)nc(N)c2C#N)C1. The van der Waals surface area contributed by atoms with Gasteiger partial charge in [-0.25, -0.2) is 9.78 Å². The zero-order chi connectivity index (χ0) is 22.1. The largest absolute Gasteiger partial charge is 0.507 e. The quantitative estimate of drug-likeness (QED) is 0.687. The van der Waals surface area contributed by atoms with Gasteiger partial charge in [0, 0.05) is 19.0 Å². The summed E-state index contributed by atoms with van der Waals surface area (Å²) in [7, 11) is 0. The number of hydrogen-bond acceptors (Lipinski definition) is 7. The molecule has 4 N–H and O–H groups in total. The van der Waals surface area contributed by atoms with Crippen molar-refractivity contribution in [2.24, 2.45) is 0 Å². The summed E-state index contributed by atoms with van der Waals surface area (Å²) < 4.78 is 5.49. The summed E-state index contributed by atoms with van der Waals surface area (Å²) in [6.45, 7) is 6.39.